The van der Waals surface area contributed by atoms with E-state index in [0.29, 0.717) is 0 Å². The summed E-state index contributed by atoms with van der Waals surface area (Å²) >= 11 is 0. The summed E-state index contributed by atoms with van der Waals surface area (Å²) in [6.07, 6.45) is 2.82. The topological polar surface area (TPSA) is 7.68 Å². The fourth-order valence-corrected chi connectivity index (χ4v) is 3.26. The molecule has 106 valence electrons. The molecule has 1 heterocycles. The molecule has 1 aromatic rings. The van der Waals surface area contributed by atoms with E-state index in [1.54, 1.807) is 4.90 Å². The smallest absolute Gasteiger partial charge is 0.103 e. The molecule has 0 radical (unpaired) electrons. The first-order chi connectivity index (χ1) is 9.22. The largest absolute Gasteiger partial charge is 0.372 e. The molecular weight excluding hydrogens is 232 g/mol. The second-order valence-electron chi connectivity index (χ2n) is 5.97. The maximum Gasteiger partial charge on any atom is 0.103 e. The zero-order valence-corrected chi connectivity index (χ0v) is 12.8. The number of rotatable bonds is 5. The molecule has 0 aromatic heterocycles. The second kappa shape index (κ2) is 6.95. The Hall–Kier alpha value is -1.02. The van der Waals surface area contributed by atoms with Gasteiger partial charge in [-0.1, -0.05) is 19.1 Å². The Labute approximate surface area is 118 Å². The van der Waals surface area contributed by atoms with Gasteiger partial charge >= 0.3 is 0 Å². The maximum absolute atomic E-state index is 2.40. The molecule has 2 atom stereocenters. The summed E-state index contributed by atoms with van der Waals surface area (Å²) in [5.74, 6) is 0.902. The normalized spacial score (nSPS) is 23.3. The van der Waals surface area contributed by atoms with Crippen LogP contribution in [0.25, 0.3) is 0 Å². The van der Waals surface area contributed by atoms with Crippen LogP contribution in [0.3, 0.4) is 0 Å². The summed E-state index contributed by atoms with van der Waals surface area (Å²) in [7, 11) is 0. The Morgan fingerprint density at radius 3 is 2.42 bits per heavy atom. The third kappa shape index (κ3) is 3.97. The van der Waals surface area contributed by atoms with Gasteiger partial charge in [0.1, 0.15) is 6.54 Å². The van der Waals surface area contributed by atoms with Crippen LogP contribution in [-0.2, 0) is 6.54 Å². The molecule has 1 aliphatic rings. The van der Waals surface area contributed by atoms with Crippen LogP contribution in [0.5, 0.6) is 0 Å². The van der Waals surface area contributed by atoms with Crippen molar-refractivity contribution in [2.24, 2.45) is 5.92 Å². The molecule has 2 rings (SSSR count). The van der Waals surface area contributed by atoms with E-state index in [4.69, 9.17) is 0 Å². The number of quaternary nitrogens is 1. The summed E-state index contributed by atoms with van der Waals surface area (Å²) in [6.45, 7) is 12.9. The van der Waals surface area contributed by atoms with Crippen molar-refractivity contribution in [1.82, 2.24) is 0 Å². The number of nitrogens with zero attached hydrogens (tertiary/aromatic N) is 1. The molecule has 19 heavy (non-hydrogen) atoms. The zero-order valence-electron chi connectivity index (χ0n) is 12.8. The molecule has 0 saturated carbocycles. The molecule has 0 spiro atoms. The van der Waals surface area contributed by atoms with Gasteiger partial charge in [0.05, 0.1) is 13.1 Å². The number of likely N-dealkylation sites (tertiary alicyclic amines) is 1. The van der Waals surface area contributed by atoms with Gasteiger partial charge in [0.15, 0.2) is 0 Å². The van der Waals surface area contributed by atoms with Gasteiger partial charge < -0.3 is 9.80 Å². The van der Waals surface area contributed by atoms with Gasteiger partial charge in [0.25, 0.3) is 0 Å². The molecule has 1 N–H and O–H groups in total. The lowest BCUT2D eigenvalue weighted by Gasteiger charge is -2.28. The summed E-state index contributed by atoms with van der Waals surface area (Å²) < 4.78 is 0. The van der Waals surface area contributed by atoms with Crippen molar-refractivity contribution in [2.45, 2.75) is 40.2 Å². The lowest BCUT2D eigenvalue weighted by Crippen LogP contribution is -3.12. The Bertz CT molecular complexity index is 367. The fraction of sp³-hybridized carbons (Fsp3) is 0.647. The average molecular weight is 261 g/mol. The van der Waals surface area contributed by atoms with E-state index in [1.807, 2.05) is 0 Å². The van der Waals surface area contributed by atoms with Crippen LogP contribution in [0.4, 0.5) is 5.69 Å². The average Bonchev–Trinajstić information content (AvgIpc) is 2.42. The summed E-state index contributed by atoms with van der Waals surface area (Å²) in [5, 5.41) is 0. The van der Waals surface area contributed by atoms with Crippen LogP contribution in [-0.4, -0.2) is 26.2 Å². The van der Waals surface area contributed by atoms with Crippen molar-refractivity contribution in [3.63, 3.8) is 0 Å². The van der Waals surface area contributed by atoms with Crippen LogP contribution in [0.1, 0.15) is 39.2 Å². The van der Waals surface area contributed by atoms with Gasteiger partial charge in [-0.05, 0) is 38.8 Å². The predicted molar refractivity (Wildman–Crippen MR) is 82.8 cm³/mol. The maximum atomic E-state index is 2.40. The molecule has 1 aromatic carbocycles. The SMILES string of the molecule is CCN(CC)c1ccc(C[NH+]2CCC[C@@H](C)C2)cc1. The van der Waals surface area contributed by atoms with Crippen LogP contribution >= 0.6 is 0 Å². The van der Waals surface area contributed by atoms with E-state index in [1.165, 1.54) is 43.7 Å². The molecule has 0 aliphatic carbocycles. The van der Waals surface area contributed by atoms with E-state index in [0.717, 1.165) is 19.0 Å². The van der Waals surface area contributed by atoms with Crippen molar-refractivity contribution in [3.8, 4) is 0 Å². The van der Waals surface area contributed by atoms with Gasteiger partial charge in [0.2, 0.25) is 0 Å². The van der Waals surface area contributed by atoms with Crippen molar-refractivity contribution in [3.05, 3.63) is 29.8 Å². The number of benzene rings is 1. The molecule has 1 fully saturated rings. The molecule has 0 bridgehead atoms. The number of hydrogen-bond donors (Lipinski definition) is 1. The van der Waals surface area contributed by atoms with Crippen molar-refractivity contribution in [2.75, 3.05) is 31.1 Å². The summed E-state index contributed by atoms with van der Waals surface area (Å²) in [6, 6.07) is 9.21. The first-order valence-corrected chi connectivity index (χ1v) is 7.90. The molecule has 1 saturated heterocycles. The minimum absolute atomic E-state index is 0.902. The van der Waals surface area contributed by atoms with E-state index in [9.17, 15) is 0 Å². The summed E-state index contributed by atoms with van der Waals surface area (Å²) in [4.78, 5) is 4.16. The minimum Gasteiger partial charge on any atom is -0.372 e. The quantitative estimate of drug-likeness (QED) is 0.855. The highest BCUT2D eigenvalue weighted by Gasteiger charge is 2.19. The van der Waals surface area contributed by atoms with Gasteiger partial charge in [-0.2, -0.15) is 0 Å². The highest BCUT2D eigenvalue weighted by Crippen LogP contribution is 2.14. The highest BCUT2D eigenvalue weighted by molar-refractivity contribution is 5.47. The Morgan fingerprint density at radius 1 is 1.16 bits per heavy atom. The third-order valence-corrected chi connectivity index (χ3v) is 4.38. The van der Waals surface area contributed by atoms with Gasteiger partial charge in [0, 0.05) is 30.3 Å². The highest BCUT2D eigenvalue weighted by atomic mass is 15.1. The molecule has 0 amide bonds. The van der Waals surface area contributed by atoms with Gasteiger partial charge in [-0.3, -0.25) is 0 Å². The van der Waals surface area contributed by atoms with Gasteiger partial charge in [-0.15, -0.1) is 0 Å². The van der Waals surface area contributed by atoms with Crippen molar-refractivity contribution < 1.29 is 4.90 Å². The molecule has 2 heteroatoms. The van der Waals surface area contributed by atoms with Crippen LogP contribution < -0.4 is 9.80 Å². The summed E-state index contributed by atoms with van der Waals surface area (Å²) in [5.41, 5.74) is 2.84. The monoisotopic (exact) mass is 261 g/mol. The van der Waals surface area contributed by atoms with E-state index >= 15 is 0 Å². The first kappa shape index (κ1) is 14.4. The lowest BCUT2D eigenvalue weighted by molar-refractivity contribution is -0.922. The van der Waals surface area contributed by atoms with Gasteiger partial charge in [-0.25, -0.2) is 0 Å². The van der Waals surface area contributed by atoms with Crippen LogP contribution in [0, 0.1) is 5.92 Å². The minimum atomic E-state index is 0.902. The first-order valence-electron chi connectivity index (χ1n) is 7.90. The number of piperidine rings is 1. The van der Waals surface area contributed by atoms with E-state index in [2.05, 4.69) is 49.9 Å². The standard InChI is InChI=1S/C17H28N2/c1-4-19(5-2)17-10-8-16(9-11-17)14-18-12-6-7-15(3)13-18/h8-11,15H,4-7,12-14H2,1-3H3/p+1/t15-/m1/s1. The fourth-order valence-electron chi connectivity index (χ4n) is 3.26. The number of hydrogen-bond acceptors (Lipinski definition) is 1. The van der Waals surface area contributed by atoms with E-state index in [-0.39, 0.29) is 0 Å². The van der Waals surface area contributed by atoms with E-state index < -0.39 is 0 Å². The second-order valence-corrected chi connectivity index (χ2v) is 5.97. The Morgan fingerprint density at radius 2 is 1.84 bits per heavy atom. The number of nitrogens with one attached hydrogen (secondary N) is 1. The number of anilines is 1. The van der Waals surface area contributed by atoms with Crippen LogP contribution in [0.2, 0.25) is 0 Å². The molecule has 1 unspecified atom stereocenters. The Kier molecular flexibility index (Phi) is 5.26. The van der Waals surface area contributed by atoms with Crippen molar-refractivity contribution >= 4 is 5.69 Å². The molecule has 2 nitrogen and oxygen atoms in total. The predicted octanol–water partition coefficient (Wildman–Crippen LogP) is 2.35. The van der Waals surface area contributed by atoms with Crippen LogP contribution in [0.15, 0.2) is 24.3 Å². The third-order valence-electron chi connectivity index (χ3n) is 4.38. The van der Waals surface area contributed by atoms with Crippen molar-refractivity contribution in [1.29, 1.82) is 0 Å². The zero-order chi connectivity index (χ0) is 13.7. The molecule has 1 aliphatic heterocycles. The lowest BCUT2D eigenvalue weighted by atomic mass is 10.00. The Balaban J connectivity index is 1.94. The molecular formula is C17H29N2+.